The number of nitrogens with zero attached hydrogens (tertiary/aromatic N) is 1. The summed E-state index contributed by atoms with van der Waals surface area (Å²) in [5.74, 6) is 0. The molecule has 60 valence electrons. The van der Waals surface area contributed by atoms with Crippen LogP contribution >= 0.6 is 12.8 Å². The molecule has 1 aromatic carbocycles. The van der Waals surface area contributed by atoms with Gasteiger partial charge >= 0.3 is 84.0 Å². The van der Waals surface area contributed by atoms with Crippen LogP contribution in [0.15, 0.2) is 24.3 Å². The van der Waals surface area contributed by atoms with Gasteiger partial charge in [0.1, 0.15) is 0 Å². The van der Waals surface area contributed by atoms with Crippen molar-refractivity contribution in [1.82, 2.24) is 0 Å². The molecule has 0 aliphatic heterocycles. The molecule has 1 nitrogen and oxygen atoms in total. The molecule has 0 aromatic heterocycles. The first kappa shape index (κ1) is 9.38. The second-order valence-electron chi connectivity index (χ2n) is 2.47. The predicted octanol–water partition coefficient (Wildman–Crippen LogP) is 1.39. The van der Waals surface area contributed by atoms with E-state index in [1.807, 2.05) is 0 Å². The Labute approximate surface area is 83.7 Å². The molecular formula is C8H10BrNTe. The van der Waals surface area contributed by atoms with Crippen molar-refractivity contribution in [1.29, 1.82) is 0 Å². The van der Waals surface area contributed by atoms with Crippen molar-refractivity contribution in [2.45, 2.75) is 0 Å². The van der Waals surface area contributed by atoms with Crippen LogP contribution in [0.4, 0.5) is 5.69 Å². The fourth-order valence-corrected chi connectivity index (χ4v) is 2.93. The summed E-state index contributed by atoms with van der Waals surface area (Å²) < 4.78 is 1.45. The van der Waals surface area contributed by atoms with Gasteiger partial charge in [0, 0.05) is 0 Å². The predicted molar refractivity (Wildman–Crippen MR) is 55.1 cm³/mol. The summed E-state index contributed by atoms with van der Waals surface area (Å²) in [6, 6.07) is 8.68. The van der Waals surface area contributed by atoms with E-state index in [1.54, 1.807) is 0 Å². The number of halogens is 1. The number of benzene rings is 1. The third kappa shape index (κ3) is 2.66. The second-order valence-corrected chi connectivity index (χ2v) is 6.42. The number of hydrogen-bond acceptors (Lipinski definition) is 1. The Balaban J connectivity index is 2.83. The van der Waals surface area contributed by atoms with E-state index in [2.05, 4.69) is 56.0 Å². The Kier molecular flexibility index (Phi) is 3.71. The molecule has 1 rings (SSSR count). The van der Waals surface area contributed by atoms with Crippen molar-refractivity contribution >= 4 is 40.8 Å². The maximum absolute atomic E-state index is 3.54. The average Bonchev–Trinajstić information content (AvgIpc) is 2.05. The van der Waals surface area contributed by atoms with Crippen LogP contribution in [0, 0.1) is 0 Å². The zero-order valence-corrected chi connectivity index (χ0v) is 10.5. The van der Waals surface area contributed by atoms with Gasteiger partial charge in [0.25, 0.3) is 0 Å². The average molecular weight is 328 g/mol. The van der Waals surface area contributed by atoms with Crippen LogP contribution in [0.2, 0.25) is 0 Å². The zero-order chi connectivity index (χ0) is 8.27. The van der Waals surface area contributed by atoms with Gasteiger partial charge < -0.3 is 0 Å². The Hall–Kier alpha value is 0.290. The monoisotopic (exact) mass is 329 g/mol. The zero-order valence-electron chi connectivity index (χ0n) is 6.54. The molecule has 3 heteroatoms. The van der Waals surface area contributed by atoms with Crippen molar-refractivity contribution in [3.8, 4) is 0 Å². The molecule has 1 aromatic rings. The fraction of sp³-hybridized carbons (Fsp3) is 0.250. The summed E-state index contributed by atoms with van der Waals surface area (Å²) in [5, 5.41) is 0. The van der Waals surface area contributed by atoms with Gasteiger partial charge in [-0.15, -0.1) is 0 Å². The van der Waals surface area contributed by atoms with Crippen molar-refractivity contribution in [2.75, 3.05) is 19.0 Å². The number of rotatable bonds is 2. The summed E-state index contributed by atoms with van der Waals surface area (Å²) >= 11 is 3.45. The Morgan fingerprint density at radius 1 is 1.18 bits per heavy atom. The van der Waals surface area contributed by atoms with E-state index in [-0.39, 0.29) is 18.7 Å². The summed E-state index contributed by atoms with van der Waals surface area (Å²) in [6.45, 7) is 0. The van der Waals surface area contributed by atoms with Gasteiger partial charge in [-0.25, -0.2) is 0 Å². The molecule has 0 aliphatic rings. The summed E-state index contributed by atoms with van der Waals surface area (Å²) in [7, 11) is 4.11. The van der Waals surface area contributed by atoms with Crippen molar-refractivity contribution in [3.63, 3.8) is 0 Å². The van der Waals surface area contributed by atoms with Gasteiger partial charge in [-0.05, 0) is 0 Å². The van der Waals surface area contributed by atoms with Gasteiger partial charge in [0.2, 0.25) is 0 Å². The molecule has 0 amide bonds. The van der Waals surface area contributed by atoms with Gasteiger partial charge in [-0.3, -0.25) is 0 Å². The quantitative estimate of drug-likeness (QED) is 0.742. The van der Waals surface area contributed by atoms with E-state index in [0.29, 0.717) is 0 Å². The van der Waals surface area contributed by atoms with Crippen LogP contribution in [0.25, 0.3) is 0 Å². The van der Waals surface area contributed by atoms with Gasteiger partial charge in [-0.2, -0.15) is 0 Å². The summed E-state index contributed by atoms with van der Waals surface area (Å²) in [4.78, 5) is 2.11. The van der Waals surface area contributed by atoms with Gasteiger partial charge in [0.05, 0.1) is 0 Å². The molecule has 0 N–H and O–H groups in total. The SMILES string of the molecule is CN(C)c1ccc([Te]Br)cc1. The first-order valence-electron chi connectivity index (χ1n) is 3.30. The molecule has 0 aliphatic carbocycles. The van der Waals surface area contributed by atoms with Crippen LogP contribution in [-0.4, -0.2) is 32.8 Å². The number of hydrogen-bond donors (Lipinski definition) is 0. The molecule has 0 atom stereocenters. The Morgan fingerprint density at radius 2 is 1.73 bits per heavy atom. The molecule has 0 spiro atoms. The minimum absolute atomic E-state index is 0.0858. The van der Waals surface area contributed by atoms with E-state index in [0.717, 1.165) is 0 Å². The van der Waals surface area contributed by atoms with Crippen LogP contribution in [-0.2, 0) is 0 Å². The van der Waals surface area contributed by atoms with Gasteiger partial charge in [-0.1, -0.05) is 0 Å². The molecule has 0 bridgehead atoms. The summed E-state index contributed by atoms with van der Waals surface area (Å²) in [6.07, 6.45) is 0. The third-order valence-electron chi connectivity index (χ3n) is 1.44. The van der Waals surface area contributed by atoms with Crippen molar-refractivity contribution in [2.24, 2.45) is 0 Å². The van der Waals surface area contributed by atoms with Crippen LogP contribution in [0.5, 0.6) is 0 Å². The van der Waals surface area contributed by atoms with Gasteiger partial charge in [0.15, 0.2) is 0 Å². The molecule has 0 unspecified atom stereocenters. The third-order valence-corrected chi connectivity index (χ3v) is 5.24. The molecular weight excluding hydrogens is 318 g/mol. The molecule has 0 saturated carbocycles. The normalized spacial score (nSPS) is 9.73. The molecule has 0 saturated heterocycles. The van der Waals surface area contributed by atoms with Crippen LogP contribution in [0.1, 0.15) is 0 Å². The Morgan fingerprint density at radius 3 is 2.09 bits per heavy atom. The summed E-state index contributed by atoms with van der Waals surface area (Å²) in [5.41, 5.74) is 1.27. The molecule has 0 heterocycles. The molecule has 11 heavy (non-hydrogen) atoms. The van der Waals surface area contributed by atoms with Crippen LogP contribution in [0.3, 0.4) is 0 Å². The van der Waals surface area contributed by atoms with Crippen molar-refractivity contribution in [3.05, 3.63) is 24.3 Å². The second kappa shape index (κ2) is 4.35. The van der Waals surface area contributed by atoms with E-state index >= 15 is 0 Å². The number of anilines is 1. The van der Waals surface area contributed by atoms with E-state index in [9.17, 15) is 0 Å². The maximum atomic E-state index is 3.54. The topological polar surface area (TPSA) is 3.24 Å². The first-order chi connectivity index (χ1) is 5.24. The van der Waals surface area contributed by atoms with E-state index in [1.165, 1.54) is 9.30 Å². The van der Waals surface area contributed by atoms with E-state index < -0.39 is 0 Å². The molecule has 0 radical (unpaired) electrons. The van der Waals surface area contributed by atoms with Crippen molar-refractivity contribution < 1.29 is 0 Å². The Bertz CT molecular complexity index is 220. The van der Waals surface area contributed by atoms with E-state index in [4.69, 9.17) is 0 Å². The minimum atomic E-state index is -0.0858. The standard InChI is InChI=1S/C8H10BrNTe/c1-10(2)7-3-5-8(11-9)6-4-7/h3-6H,1-2H3. The fourth-order valence-electron chi connectivity index (χ4n) is 0.796. The van der Waals surface area contributed by atoms with Crippen LogP contribution < -0.4 is 8.51 Å². The molecule has 0 fully saturated rings. The first-order valence-corrected chi connectivity index (χ1v) is 9.69.